The summed E-state index contributed by atoms with van der Waals surface area (Å²) < 4.78 is 0. The van der Waals surface area contributed by atoms with Crippen LogP contribution in [0.1, 0.15) is 41.0 Å². The van der Waals surface area contributed by atoms with E-state index in [9.17, 15) is 9.59 Å². The molecule has 20 heavy (non-hydrogen) atoms. The molecule has 0 heterocycles. The van der Waals surface area contributed by atoms with Crippen molar-refractivity contribution in [3.05, 3.63) is 35.4 Å². The molecule has 0 fully saturated rings. The van der Waals surface area contributed by atoms with Crippen molar-refractivity contribution in [1.29, 1.82) is 5.26 Å². The molecule has 0 unspecified atom stereocenters. The monoisotopic (exact) mass is 274 g/mol. The highest BCUT2D eigenvalue weighted by Gasteiger charge is 2.17. The minimum atomic E-state index is -1.06. The van der Waals surface area contributed by atoms with Crippen LogP contribution in [0.2, 0.25) is 0 Å². The maximum Gasteiger partial charge on any atom is 0.335 e. The lowest BCUT2D eigenvalue weighted by atomic mass is 10.1. The second-order valence-electron chi connectivity index (χ2n) is 4.94. The lowest BCUT2D eigenvalue weighted by Crippen LogP contribution is -2.35. The molecule has 0 aliphatic heterocycles. The molecule has 5 heteroatoms. The first-order chi connectivity index (χ1) is 9.45. The van der Waals surface area contributed by atoms with Crippen molar-refractivity contribution in [2.75, 3.05) is 13.1 Å². The molecule has 0 saturated heterocycles. The second-order valence-corrected chi connectivity index (χ2v) is 4.94. The Morgan fingerprint density at radius 2 is 2.00 bits per heavy atom. The molecule has 106 valence electrons. The number of carboxylic acid groups (broad SMARTS) is 1. The van der Waals surface area contributed by atoms with E-state index in [-0.39, 0.29) is 23.8 Å². The molecular weight excluding hydrogens is 256 g/mol. The number of amides is 1. The molecule has 0 radical (unpaired) electrons. The van der Waals surface area contributed by atoms with E-state index in [0.717, 1.165) is 0 Å². The van der Waals surface area contributed by atoms with Crippen LogP contribution in [0.4, 0.5) is 0 Å². The summed E-state index contributed by atoms with van der Waals surface area (Å²) in [6, 6.07) is 7.97. The number of hydrogen-bond donors (Lipinski definition) is 1. The van der Waals surface area contributed by atoms with E-state index in [1.165, 1.54) is 12.1 Å². The molecule has 1 amide bonds. The third-order valence-corrected chi connectivity index (χ3v) is 2.72. The third kappa shape index (κ3) is 4.39. The van der Waals surface area contributed by atoms with Gasteiger partial charge in [0.1, 0.15) is 0 Å². The van der Waals surface area contributed by atoms with E-state index in [4.69, 9.17) is 10.4 Å². The maximum atomic E-state index is 12.4. The normalized spacial score (nSPS) is 10.1. The molecule has 5 nitrogen and oxygen atoms in total. The van der Waals surface area contributed by atoms with Crippen LogP contribution in [0.3, 0.4) is 0 Å². The topological polar surface area (TPSA) is 81.4 Å². The van der Waals surface area contributed by atoms with Gasteiger partial charge >= 0.3 is 5.97 Å². The zero-order valence-electron chi connectivity index (χ0n) is 11.7. The fourth-order valence-electron chi connectivity index (χ4n) is 1.87. The summed E-state index contributed by atoms with van der Waals surface area (Å²) >= 11 is 0. The highest BCUT2D eigenvalue weighted by Crippen LogP contribution is 2.11. The highest BCUT2D eigenvalue weighted by molar-refractivity contribution is 5.97. The highest BCUT2D eigenvalue weighted by atomic mass is 16.4. The van der Waals surface area contributed by atoms with Gasteiger partial charge in [0.05, 0.1) is 18.1 Å². The number of benzene rings is 1. The predicted molar refractivity (Wildman–Crippen MR) is 74.4 cm³/mol. The van der Waals surface area contributed by atoms with Gasteiger partial charge in [0, 0.05) is 18.7 Å². The van der Waals surface area contributed by atoms with E-state index in [1.807, 2.05) is 19.9 Å². The molecule has 1 aromatic rings. The SMILES string of the molecule is CC(C)CN(CCC#N)C(=O)c1cccc(C(=O)O)c1. The Labute approximate surface area is 118 Å². The van der Waals surface area contributed by atoms with Crippen molar-refractivity contribution in [3.63, 3.8) is 0 Å². The van der Waals surface area contributed by atoms with Crippen LogP contribution in [0.5, 0.6) is 0 Å². The molecule has 0 aromatic heterocycles. The van der Waals surface area contributed by atoms with Crippen molar-refractivity contribution >= 4 is 11.9 Å². The lowest BCUT2D eigenvalue weighted by molar-refractivity contribution is 0.0697. The zero-order valence-corrected chi connectivity index (χ0v) is 11.7. The third-order valence-electron chi connectivity index (χ3n) is 2.72. The first kappa shape index (κ1) is 15.7. The fraction of sp³-hybridized carbons (Fsp3) is 0.400. The van der Waals surface area contributed by atoms with E-state index in [2.05, 4.69) is 0 Å². The van der Waals surface area contributed by atoms with Gasteiger partial charge in [0.25, 0.3) is 5.91 Å². The largest absolute Gasteiger partial charge is 0.478 e. The van der Waals surface area contributed by atoms with Gasteiger partial charge < -0.3 is 10.0 Å². The number of rotatable bonds is 6. The van der Waals surface area contributed by atoms with Crippen LogP contribution < -0.4 is 0 Å². The average molecular weight is 274 g/mol. The van der Waals surface area contributed by atoms with Gasteiger partial charge in [0.2, 0.25) is 0 Å². The van der Waals surface area contributed by atoms with Gasteiger partial charge in [-0.1, -0.05) is 19.9 Å². The molecule has 0 aliphatic rings. The first-order valence-electron chi connectivity index (χ1n) is 6.45. The van der Waals surface area contributed by atoms with Crippen LogP contribution in [0, 0.1) is 17.2 Å². The molecule has 0 saturated carbocycles. The smallest absolute Gasteiger partial charge is 0.335 e. The first-order valence-corrected chi connectivity index (χ1v) is 6.45. The number of nitrogens with zero attached hydrogens (tertiary/aromatic N) is 2. The molecule has 1 N–H and O–H groups in total. The number of nitriles is 1. The Kier molecular flexibility index (Phi) is 5.73. The van der Waals surface area contributed by atoms with Crippen molar-refractivity contribution in [2.24, 2.45) is 5.92 Å². The summed E-state index contributed by atoms with van der Waals surface area (Å²) in [6.07, 6.45) is 0.261. The summed E-state index contributed by atoms with van der Waals surface area (Å²) in [5, 5.41) is 17.6. The number of carbonyl (C=O) groups excluding carboxylic acids is 1. The summed E-state index contributed by atoms with van der Waals surface area (Å²) in [7, 11) is 0. The van der Waals surface area contributed by atoms with Gasteiger partial charge in [-0.25, -0.2) is 4.79 Å². The number of carboxylic acids is 1. The number of aromatic carboxylic acids is 1. The van der Waals surface area contributed by atoms with E-state index in [1.54, 1.807) is 17.0 Å². The van der Waals surface area contributed by atoms with Gasteiger partial charge in [-0.2, -0.15) is 5.26 Å². The number of carbonyl (C=O) groups is 2. The Balaban J connectivity index is 2.96. The van der Waals surface area contributed by atoms with Crippen LogP contribution in [0.15, 0.2) is 24.3 Å². The molecule has 0 bridgehead atoms. The quantitative estimate of drug-likeness (QED) is 0.863. The summed E-state index contributed by atoms with van der Waals surface area (Å²) in [6.45, 7) is 4.86. The molecule has 1 aromatic carbocycles. The van der Waals surface area contributed by atoms with E-state index in [0.29, 0.717) is 18.7 Å². The van der Waals surface area contributed by atoms with Crippen molar-refractivity contribution in [1.82, 2.24) is 4.90 Å². The van der Waals surface area contributed by atoms with Crippen LogP contribution in [0.25, 0.3) is 0 Å². The minimum absolute atomic E-state index is 0.0839. The Morgan fingerprint density at radius 3 is 2.55 bits per heavy atom. The van der Waals surface area contributed by atoms with Gasteiger partial charge in [0.15, 0.2) is 0 Å². The molecule has 0 spiro atoms. The van der Waals surface area contributed by atoms with Crippen LogP contribution in [-0.4, -0.2) is 35.0 Å². The summed E-state index contributed by atoms with van der Waals surface area (Å²) in [5.41, 5.74) is 0.420. The van der Waals surface area contributed by atoms with Crippen LogP contribution >= 0.6 is 0 Å². The predicted octanol–water partition coefficient (Wildman–Crippen LogP) is 2.40. The average Bonchev–Trinajstić information content (AvgIpc) is 2.42. The second kappa shape index (κ2) is 7.29. The Bertz CT molecular complexity index is 532. The molecule has 0 aliphatic carbocycles. The van der Waals surface area contributed by atoms with E-state index < -0.39 is 5.97 Å². The molecule has 0 atom stereocenters. The zero-order chi connectivity index (χ0) is 15.1. The van der Waals surface area contributed by atoms with Gasteiger partial charge in [-0.3, -0.25) is 4.79 Å². The lowest BCUT2D eigenvalue weighted by Gasteiger charge is -2.23. The molecule has 1 rings (SSSR count). The van der Waals surface area contributed by atoms with Gasteiger partial charge in [-0.05, 0) is 24.1 Å². The van der Waals surface area contributed by atoms with Crippen molar-refractivity contribution < 1.29 is 14.7 Å². The van der Waals surface area contributed by atoms with E-state index >= 15 is 0 Å². The number of hydrogen-bond acceptors (Lipinski definition) is 3. The maximum absolute atomic E-state index is 12.4. The molecular formula is C15H18N2O3. The van der Waals surface area contributed by atoms with Crippen LogP contribution in [-0.2, 0) is 0 Å². The minimum Gasteiger partial charge on any atom is -0.478 e. The summed E-state index contributed by atoms with van der Waals surface area (Å²) in [5.74, 6) is -1.02. The Hall–Kier alpha value is -2.35. The summed E-state index contributed by atoms with van der Waals surface area (Å²) in [4.78, 5) is 24.9. The van der Waals surface area contributed by atoms with Crippen molar-refractivity contribution in [2.45, 2.75) is 20.3 Å². The fourth-order valence-corrected chi connectivity index (χ4v) is 1.87. The Morgan fingerprint density at radius 1 is 1.35 bits per heavy atom. The van der Waals surface area contributed by atoms with Gasteiger partial charge in [-0.15, -0.1) is 0 Å². The standard InChI is InChI=1S/C15H18N2O3/c1-11(2)10-17(8-4-7-16)14(18)12-5-3-6-13(9-12)15(19)20/h3,5-6,9,11H,4,8,10H2,1-2H3,(H,19,20). The van der Waals surface area contributed by atoms with Crippen molar-refractivity contribution in [3.8, 4) is 6.07 Å².